The predicted molar refractivity (Wildman–Crippen MR) is 139 cm³/mol. The molecule has 0 atom stereocenters. The molecule has 2 N–H and O–H groups in total. The molecular formula is C26H26BrN3O6. The van der Waals surface area contributed by atoms with E-state index in [0.29, 0.717) is 45.2 Å². The monoisotopic (exact) mass is 555 g/mol. The highest BCUT2D eigenvalue weighted by atomic mass is 79.9. The van der Waals surface area contributed by atoms with Gasteiger partial charge in [0.15, 0.2) is 23.0 Å². The number of methoxy groups -OCH3 is 3. The number of hydrogen-bond donors (Lipinski definition) is 2. The second-order valence-corrected chi connectivity index (χ2v) is 8.21. The van der Waals surface area contributed by atoms with Gasteiger partial charge >= 0.3 is 0 Å². The van der Waals surface area contributed by atoms with Gasteiger partial charge in [0.1, 0.15) is 6.61 Å². The van der Waals surface area contributed by atoms with E-state index in [1.165, 1.54) is 26.5 Å². The van der Waals surface area contributed by atoms with Crippen LogP contribution in [-0.2, 0) is 11.4 Å². The Hall–Kier alpha value is -4.05. The second kappa shape index (κ2) is 13.1. The number of carbonyl (C=O) groups is 2. The quantitative estimate of drug-likeness (QED) is 0.274. The van der Waals surface area contributed by atoms with Crippen LogP contribution in [0.3, 0.4) is 0 Å². The number of benzene rings is 3. The van der Waals surface area contributed by atoms with Gasteiger partial charge in [-0.1, -0.05) is 30.3 Å². The molecule has 2 amide bonds. The average molecular weight is 556 g/mol. The molecule has 0 aliphatic rings. The van der Waals surface area contributed by atoms with Crippen LogP contribution in [0.15, 0.2) is 70.2 Å². The van der Waals surface area contributed by atoms with E-state index < -0.39 is 11.8 Å². The fourth-order valence-corrected chi connectivity index (χ4v) is 3.72. The summed E-state index contributed by atoms with van der Waals surface area (Å²) in [5.41, 5.74) is 4.40. The molecule has 3 rings (SSSR count). The van der Waals surface area contributed by atoms with Gasteiger partial charge < -0.3 is 24.3 Å². The fourth-order valence-electron chi connectivity index (χ4n) is 3.14. The number of amides is 2. The summed E-state index contributed by atoms with van der Waals surface area (Å²) in [7, 11) is 4.52. The van der Waals surface area contributed by atoms with Gasteiger partial charge in [-0.2, -0.15) is 5.10 Å². The van der Waals surface area contributed by atoms with Crippen molar-refractivity contribution in [1.82, 2.24) is 10.7 Å². The normalized spacial score (nSPS) is 10.6. The first-order valence-electron chi connectivity index (χ1n) is 10.8. The van der Waals surface area contributed by atoms with E-state index in [0.717, 1.165) is 5.56 Å². The molecule has 0 bridgehead atoms. The molecule has 36 heavy (non-hydrogen) atoms. The van der Waals surface area contributed by atoms with Crippen LogP contribution in [0.4, 0.5) is 0 Å². The molecule has 0 fully saturated rings. The van der Waals surface area contributed by atoms with Gasteiger partial charge in [0.2, 0.25) is 0 Å². The van der Waals surface area contributed by atoms with Crippen molar-refractivity contribution in [2.75, 3.05) is 27.9 Å². The molecule has 0 saturated carbocycles. The van der Waals surface area contributed by atoms with Crippen LogP contribution in [0.25, 0.3) is 0 Å². The van der Waals surface area contributed by atoms with Crippen LogP contribution >= 0.6 is 15.9 Å². The van der Waals surface area contributed by atoms with Gasteiger partial charge in [-0.3, -0.25) is 9.59 Å². The highest BCUT2D eigenvalue weighted by molar-refractivity contribution is 9.10. The molecule has 10 heteroatoms. The van der Waals surface area contributed by atoms with Crippen LogP contribution in [0, 0.1) is 0 Å². The number of nitrogens with one attached hydrogen (secondary N) is 2. The summed E-state index contributed by atoms with van der Waals surface area (Å²) >= 11 is 3.50. The molecule has 0 saturated heterocycles. The highest BCUT2D eigenvalue weighted by Crippen LogP contribution is 2.36. The summed E-state index contributed by atoms with van der Waals surface area (Å²) in [6.07, 6.45) is 1.46. The summed E-state index contributed by atoms with van der Waals surface area (Å²) in [5, 5.41) is 6.49. The van der Waals surface area contributed by atoms with Crippen LogP contribution in [0.2, 0.25) is 0 Å². The van der Waals surface area contributed by atoms with Crippen molar-refractivity contribution in [1.29, 1.82) is 0 Å². The third kappa shape index (κ3) is 7.22. The Labute approximate surface area is 217 Å². The van der Waals surface area contributed by atoms with Gasteiger partial charge in [-0.25, -0.2) is 5.43 Å². The maximum absolute atomic E-state index is 12.3. The number of nitrogens with zero attached hydrogens (tertiary/aromatic N) is 1. The Morgan fingerprint density at radius 1 is 0.917 bits per heavy atom. The van der Waals surface area contributed by atoms with Crippen molar-refractivity contribution in [3.05, 3.63) is 81.8 Å². The first kappa shape index (κ1) is 26.6. The molecule has 0 aliphatic heterocycles. The number of hydrazone groups is 1. The molecule has 0 unspecified atom stereocenters. The van der Waals surface area contributed by atoms with Crippen molar-refractivity contribution >= 4 is 34.0 Å². The van der Waals surface area contributed by atoms with Crippen molar-refractivity contribution in [2.45, 2.75) is 6.61 Å². The highest BCUT2D eigenvalue weighted by Gasteiger charge is 2.13. The Morgan fingerprint density at radius 2 is 1.64 bits per heavy atom. The molecule has 0 aliphatic carbocycles. The lowest BCUT2D eigenvalue weighted by atomic mass is 10.2. The van der Waals surface area contributed by atoms with E-state index in [1.54, 1.807) is 31.4 Å². The predicted octanol–water partition coefficient (Wildman–Crippen LogP) is 3.93. The molecule has 188 valence electrons. The molecule has 0 spiro atoms. The molecule has 9 nitrogen and oxygen atoms in total. The molecule has 0 heterocycles. The zero-order chi connectivity index (χ0) is 25.9. The fraction of sp³-hybridized carbons (Fsp3) is 0.192. The standard InChI is InChI=1S/C26H26BrN3O6/c1-33-21-10-9-19(13-22(21)34-2)26(32)28-15-24(31)30-29-14-18-11-20(27)25(23(12-18)35-3)36-16-17-7-5-4-6-8-17/h4-14H,15-16H2,1-3H3,(H,28,32)(H,30,31)/b29-14+. The first-order valence-corrected chi connectivity index (χ1v) is 11.6. The lowest BCUT2D eigenvalue weighted by Crippen LogP contribution is -2.34. The topological polar surface area (TPSA) is 107 Å². The van der Waals surface area contributed by atoms with E-state index >= 15 is 0 Å². The number of hydrogen-bond acceptors (Lipinski definition) is 7. The minimum Gasteiger partial charge on any atom is -0.493 e. The minimum absolute atomic E-state index is 0.260. The van der Waals surface area contributed by atoms with E-state index in [9.17, 15) is 9.59 Å². The van der Waals surface area contributed by atoms with Crippen molar-refractivity contribution in [3.63, 3.8) is 0 Å². The number of carbonyl (C=O) groups excluding carboxylic acids is 2. The van der Waals surface area contributed by atoms with E-state index in [2.05, 4.69) is 31.8 Å². The van der Waals surface area contributed by atoms with Gasteiger partial charge in [0.25, 0.3) is 11.8 Å². The van der Waals surface area contributed by atoms with Gasteiger partial charge in [-0.15, -0.1) is 0 Å². The lowest BCUT2D eigenvalue weighted by Gasteiger charge is -2.13. The Kier molecular flexibility index (Phi) is 9.70. The van der Waals surface area contributed by atoms with Gasteiger partial charge in [-0.05, 0) is 57.4 Å². The Morgan fingerprint density at radius 3 is 2.33 bits per heavy atom. The summed E-state index contributed by atoms with van der Waals surface area (Å²) in [6.45, 7) is 0.123. The van der Waals surface area contributed by atoms with Crippen LogP contribution in [0.1, 0.15) is 21.5 Å². The van der Waals surface area contributed by atoms with Crippen LogP contribution in [0.5, 0.6) is 23.0 Å². The number of rotatable bonds is 11. The molecule has 0 aromatic heterocycles. The van der Waals surface area contributed by atoms with Gasteiger partial charge in [0, 0.05) is 5.56 Å². The smallest absolute Gasteiger partial charge is 0.259 e. The van der Waals surface area contributed by atoms with E-state index in [-0.39, 0.29) is 6.54 Å². The maximum atomic E-state index is 12.3. The molecule has 3 aromatic rings. The molecular weight excluding hydrogens is 530 g/mol. The maximum Gasteiger partial charge on any atom is 0.259 e. The number of ether oxygens (including phenoxy) is 4. The summed E-state index contributed by atoms with van der Waals surface area (Å²) < 4.78 is 22.4. The van der Waals surface area contributed by atoms with E-state index in [1.807, 2.05) is 30.3 Å². The van der Waals surface area contributed by atoms with Crippen molar-refractivity contribution in [2.24, 2.45) is 5.10 Å². The molecule has 3 aromatic carbocycles. The minimum atomic E-state index is -0.492. The summed E-state index contributed by atoms with van der Waals surface area (Å²) in [6, 6.07) is 18.0. The summed E-state index contributed by atoms with van der Waals surface area (Å²) in [5.74, 6) is 1.05. The molecule has 0 radical (unpaired) electrons. The second-order valence-electron chi connectivity index (χ2n) is 7.35. The first-order chi connectivity index (χ1) is 17.4. The zero-order valence-electron chi connectivity index (χ0n) is 20.0. The zero-order valence-corrected chi connectivity index (χ0v) is 21.6. The van der Waals surface area contributed by atoms with Crippen molar-refractivity contribution in [3.8, 4) is 23.0 Å². The third-order valence-corrected chi connectivity index (χ3v) is 5.52. The largest absolute Gasteiger partial charge is 0.493 e. The van der Waals surface area contributed by atoms with Crippen LogP contribution < -0.4 is 29.7 Å². The lowest BCUT2D eigenvalue weighted by molar-refractivity contribution is -0.120. The number of halogens is 1. The summed E-state index contributed by atoms with van der Waals surface area (Å²) in [4.78, 5) is 24.5. The van der Waals surface area contributed by atoms with Gasteiger partial charge in [0.05, 0.1) is 38.6 Å². The van der Waals surface area contributed by atoms with E-state index in [4.69, 9.17) is 18.9 Å². The van der Waals surface area contributed by atoms with Crippen molar-refractivity contribution < 1.29 is 28.5 Å². The van der Waals surface area contributed by atoms with Crippen LogP contribution in [-0.4, -0.2) is 45.9 Å². The third-order valence-electron chi connectivity index (χ3n) is 4.94. The average Bonchev–Trinajstić information content (AvgIpc) is 2.90. The Balaban J connectivity index is 1.55. The SMILES string of the molecule is COc1ccc(C(=O)NCC(=O)N/N=C/c2cc(Br)c(OCc3ccccc3)c(OC)c2)cc1OC. The Bertz CT molecular complexity index is 1230.